The number of esters is 1. The minimum Gasteiger partial charge on any atom is -0.461 e. The lowest BCUT2D eigenvalue weighted by Crippen LogP contribution is -2.58. The van der Waals surface area contributed by atoms with Crippen molar-refractivity contribution in [2.75, 3.05) is 42.6 Å². The smallest absolute Gasteiger partial charge is 0.313 e. The fourth-order valence-corrected chi connectivity index (χ4v) is 6.83. The number of anilines is 2. The normalized spacial score (nSPS) is 29.6. The van der Waals surface area contributed by atoms with Gasteiger partial charge in [0, 0.05) is 31.0 Å². The molecule has 9 heteroatoms. The Morgan fingerprint density at radius 2 is 1.82 bits per heavy atom. The third-order valence-corrected chi connectivity index (χ3v) is 8.65. The Labute approximate surface area is 231 Å². The number of carbonyl (C=O) groups excluding carboxylic acids is 3. The first-order chi connectivity index (χ1) is 18.6. The molecule has 2 amide bonds. The van der Waals surface area contributed by atoms with E-state index in [0.29, 0.717) is 18.5 Å². The van der Waals surface area contributed by atoms with E-state index in [4.69, 9.17) is 9.47 Å². The molecule has 2 bridgehead atoms. The SMILES string of the molecule is C=CCOC(=O)[C@@H]1[C@H]2C(=O)N([C@H](C)CO)C(C(=O)N(CC=C)c3ccc(N(CC)CC)cc3)C23CC[C@@]1(C)O3. The zero-order valence-electron chi connectivity index (χ0n) is 23.5. The van der Waals surface area contributed by atoms with Gasteiger partial charge in [0.15, 0.2) is 0 Å². The predicted molar refractivity (Wildman–Crippen MR) is 149 cm³/mol. The number of aliphatic hydroxyl groups is 1. The van der Waals surface area contributed by atoms with Crippen molar-refractivity contribution in [3.05, 3.63) is 49.6 Å². The number of carbonyl (C=O) groups is 3. The summed E-state index contributed by atoms with van der Waals surface area (Å²) < 4.78 is 12.0. The average Bonchev–Trinajstić information content (AvgIpc) is 3.51. The lowest BCUT2D eigenvalue weighted by Gasteiger charge is -2.38. The van der Waals surface area contributed by atoms with Crippen LogP contribution in [-0.4, -0.2) is 83.9 Å². The van der Waals surface area contributed by atoms with Crippen LogP contribution in [0, 0.1) is 11.8 Å². The molecule has 0 aromatic heterocycles. The highest BCUT2D eigenvalue weighted by Crippen LogP contribution is 2.63. The molecule has 1 spiro atoms. The third-order valence-electron chi connectivity index (χ3n) is 8.65. The first-order valence-corrected chi connectivity index (χ1v) is 13.8. The van der Waals surface area contributed by atoms with Gasteiger partial charge in [-0.2, -0.15) is 0 Å². The lowest BCUT2D eigenvalue weighted by atomic mass is 9.66. The topological polar surface area (TPSA) is 99.6 Å². The van der Waals surface area contributed by atoms with Gasteiger partial charge in [-0.15, -0.1) is 6.58 Å². The van der Waals surface area contributed by atoms with Crippen molar-refractivity contribution in [3.8, 4) is 0 Å². The molecule has 212 valence electrons. The molecular weight excluding hydrogens is 498 g/mol. The Morgan fingerprint density at radius 1 is 1.18 bits per heavy atom. The van der Waals surface area contributed by atoms with Crippen LogP contribution in [0.3, 0.4) is 0 Å². The number of likely N-dealkylation sites (tertiary alicyclic amines) is 1. The fraction of sp³-hybridized carbons (Fsp3) is 0.567. The molecule has 3 heterocycles. The number of benzene rings is 1. The van der Waals surface area contributed by atoms with Crippen LogP contribution in [0.5, 0.6) is 0 Å². The van der Waals surface area contributed by atoms with Gasteiger partial charge in [0.1, 0.15) is 24.2 Å². The summed E-state index contributed by atoms with van der Waals surface area (Å²) >= 11 is 0. The van der Waals surface area contributed by atoms with E-state index in [2.05, 4.69) is 31.9 Å². The molecule has 0 aliphatic carbocycles. The number of hydrogen-bond donors (Lipinski definition) is 1. The summed E-state index contributed by atoms with van der Waals surface area (Å²) in [6.07, 6.45) is 4.08. The number of ether oxygens (including phenoxy) is 2. The molecule has 6 atom stereocenters. The van der Waals surface area contributed by atoms with Crippen LogP contribution in [0.2, 0.25) is 0 Å². The van der Waals surface area contributed by atoms with E-state index in [-0.39, 0.29) is 31.6 Å². The van der Waals surface area contributed by atoms with Gasteiger partial charge in [-0.3, -0.25) is 14.4 Å². The van der Waals surface area contributed by atoms with Crippen LogP contribution in [0.15, 0.2) is 49.6 Å². The predicted octanol–water partition coefficient (Wildman–Crippen LogP) is 2.93. The van der Waals surface area contributed by atoms with Gasteiger partial charge in [-0.1, -0.05) is 18.7 Å². The van der Waals surface area contributed by atoms with Gasteiger partial charge >= 0.3 is 5.97 Å². The Hall–Kier alpha value is -3.17. The van der Waals surface area contributed by atoms with Gasteiger partial charge in [0.05, 0.1) is 24.2 Å². The van der Waals surface area contributed by atoms with Gasteiger partial charge < -0.3 is 29.3 Å². The van der Waals surface area contributed by atoms with Crippen LogP contribution in [0.25, 0.3) is 0 Å². The van der Waals surface area contributed by atoms with Crippen LogP contribution >= 0.6 is 0 Å². The van der Waals surface area contributed by atoms with Crippen molar-refractivity contribution in [3.63, 3.8) is 0 Å². The van der Waals surface area contributed by atoms with Crippen molar-refractivity contribution in [1.82, 2.24) is 4.90 Å². The van der Waals surface area contributed by atoms with E-state index in [9.17, 15) is 19.5 Å². The van der Waals surface area contributed by atoms with Crippen LogP contribution in [-0.2, 0) is 23.9 Å². The largest absolute Gasteiger partial charge is 0.461 e. The van der Waals surface area contributed by atoms with E-state index >= 15 is 0 Å². The molecule has 4 rings (SSSR count). The van der Waals surface area contributed by atoms with Crippen molar-refractivity contribution >= 4 is 29.2 Å². The fourth-order valence-electron chi connectivity index (χ4n) is 6.83. The second kappa shape index (κ2) is 11.1. The Bertz CT molecular complexity index is 1120. The van der Waals surface area contributed by atoms with E-state index < -0.39 is 41.1 Å². The van der Waals surface area contributed by atoms with Crippen LogP contribution in [0.4, 0.5) is 11.4 Å². The maximum absolute atomic E-state index is 14.5. The quantitative estimate of drug-likeness (QED) is 0.322. The van der Waals surface area contributed by atoms with Crippen molar-refractivity contribution in [2.24, 2.45) is 11.8 Å². The first-order valence-electron chi connectivity index (χ1n) is 13.8. The molecular formula is C30H41N3O6. The minimum atomic E-state index is -1.20. The van der Waals surface area contributed by atoms with Crippen LogP contribution < -0.4 is 9.80 Å². The summed E-state index contributed by atoms with van der Waals surface area (Å²) in [7, 11) is 0. The molecule has 3 aliphatic heterocycles. The molecule has 2 unspecified atom stereocenters. The summed E-state index contributed by atoms with van der Waals surface area (Å²) in [6, 6.07) is 6.08. The third kappa shape index (κ3) is 4.55. The summed E-state index contributed by atoms with van der Waals surface area (Å²) in [6.45, 7) is 16.8. The highest BCUT2D eigenvalue weighted by Gasteiger charge is 2.79. The van der Waals surface area contributed by atoms with Gasteiger partial charge in [-0.25, -0.2) is 0 Å². The molecule has 9 nitrogen and oxygen atoms in total. The van der Waals surface area contributed by atoms with Crippen LogP contribution in [0.1, 0.15) is 40.5 Å². The van der Waals surface area contributed by atoms with E-state index in [1.54, 1.807) is 17.9 Å². The van der Waals surface area contributed by atoms with Crippen molar-refractivity contribution in [2.45, 2.75) is 63.8 Å². The second-order valence-electron chi connectivity index (χ2n) is 10.8. The highest BCUT2D eigenvalue weighted by molar-refractivity contribution is 6.05. The standard InChI is InChI=1S/C30H41N3O6/c1-7-17-32(22-13-11-21(12-14-22)31(9-3)10-4)27(36)25-30-16-15-29(6,39-30)24(28(37)38-18-8-2)23(30)26(35)33(25)20(5)19-34/h7-8,11-14,20,23-25,34H,1-2,9-10,15-19H2,3-6H3/t20-,23+,24+,25?,29-,30?/m1/s1. The van der Waals surface area contributed by atoms with E-state index in [1.165, 1.54) is 11.0 Å². The van der Waals surface area contributed by atoms with Gasteiger partial charge in [0.2, 0.25) is 5.91 Å². The molecule has 1 N–H and O–H groups in total. The monoisotopic (exact) mass is 539 g/mol. The molecule has 3 aliphatic rings. The number of aliphatic hydroxyl groups excluding tert-OH is 1. The zero-order valence-corrected chi connectivity index (χ0v) is 23.5. The molecule has 0 saturated carbocycles. The maximum atomic E-state index is 14.5. The number of fused-ring (bicyclic) bond motifs is 1. The van der Waals surface area contributed by atoms with E-state index in [1.807, 2.05) is 31.2 Å². The molecule has 3 saturated heterocycles. The minimum absolute atomic E-state index is 0.0229. The first kappa shape index (κ1) is 28.8. The van der Waals surface area contributed by atoms with Crippen molar-refractivity contribution in [1.29, 1.82) is 0 Å². The molecule has 3 fully saturated rings. The Morgan fingerprint density at radius 3 is 2.38 bits per heavy atom. The molecule has 1 aromatic carbocycles. The summed E-state index contributed by atoms with van der Waals surface area (Å²) in [4.78, 5) is 47.0. The molecule has 1 aromatic rings. The number of nitrogens with zero attached hydrogens (tertiary/aromatic N) is 3. The van der Waals surface area contributed by atoms with Gasteiger partial charge in [0.25, 0.3) is 5.91 Å². The van der Waals surface area contributed by atoms with Crippen molar-refractivity contribution < 1.29 is 29.0 Å². The van der Waals surface area contributed by atoms with Gasteiger partial charge in [-0.05, 0) is 64.8 Å². The molecule has 0 radical (unpaired) electrons. The number of rotatable bonds is 12. The average molecular weight is 540 g/mol. The zero-order chi connectivity index (χ0) is 28.5. The summed E-state index contributed by atoms with van der Waals surface area (Å²) in [5, 5.41) is 10.1. The number of hydrogen-bond acceptors (Lipinski definition) is 7. The lowest BCUT2D eigenvalue weighted by molar-refractivity contribution is -0.159. The Balaban J connectivity index is 1.76. The molecule has 39 heavy (non-hydrogen) atoms. The highest BCUT2D eigenvalue weighted by atomic mass is 16.6. The van der Waals surface area contributed by atoms with E-state index in [0.717, 1.165) is 18.8 Å². The summed E-state index contributed by atoms with van der Waals surface area (Å²) in [5.74, 6) is -2.96. The number of amides is 2. The summed E-state index contributed by atoms with van der Waals surface area (Å²) in [5.41, 5.74) is -0.419. The Kier molecular flexibility index (Phi) is 8.23. The maximum Gasteiger partial charge on any atom is 0.313 e. The second-order valence-corrected chi connectivity index (χ2v) is 10.8.